The first-order valence-corrected chi connectivity index (χ1v) is 10.4. The van der Waals surface area contributed by atoms with Crippen LogP contribution >= 0.6 is 23.2 Å². The summed E-state index contributed by atoms with van der Waals surface area (Å²) in [7, 11) is 1.55. The zero-order valence-corrected chi connectivity index (χ0v) is 19.0. The molecule has 3 rings (SSSR count). The van der Waals surface area contributed by atoms with Crippen LogP contribution in [0.5, 0.6) is 11.5 Å². The first kappa shape index (κ1) is 23.2. The fraction of sp³-hybridized carbons (Fsp3) is 0.120. The van der Waals surface area contributed by atoms with Gasteiger partial charge in [-0.2, -0.15) is 5.26 Å². The fourth-order valence-corrected chi connectivity index (χ4v) is 3.24. The van der Waals surface area contributed by atoms with Gasteiger partial charge in [-0.15, -0.1) is 0 Å². The van der Waals surface area contributed by atoms with Crippen LogP contribution in [0.3, 0.4) is 0 Å². The average Bonchev–Trinajstić information content (AvgIpc) is 2.78. The summed E-state index contributed by atoms with van der Waals surface area (Å²) >= 11 is 12.2. The SMILES string of the molecule is COc1ccc(/C=C(\C#N)C(=O)Nc2ccc(C)c(Cl)c2)c(OCc2cccc(Cl)c2)c1. The Morgan fingerprint density at radius 3 is 2.62 bits per heavy atom. The highest BCUT2D eigenvalue weighted by molar-refractivity contribution is 6.31. The lowest BCUT2D eigenvalue weighted by atomic mass is 10.1. The Morgan fingerprint density at radius 1 is 1.12 bits per heavy atom. The summed E-state index contributed by atoms with van der Waals surface area (Å²) in [6, 6.07) is 19.6. The van der Waals surface area contributed by atoms with Crippen molar-refractivity contribution in [3.63, 3.8) is 0 Å². The van der Waals surface area contributed by atoms with Gasteiger partial charge >= 0.3 is 0 Å². The lowest BCUT2D eigenvalue weighted by Crippen LogP contribution is -2.13. The topological polar surface area (TPSA) is 71.3 Å². The van der Waals surface area contributed by atoms with Crippen molar-refractivity contribution in [1.29, 1.82) is 5.26 Å². The molecule has 0 radical (unpaired) electrons. The highest BCUT2D eigenvalue weighted by Gasteiger charge is 2.13. The van der Waals surface area contributed by atoms with Crippen LogP contribution in [0.25, 0.3) is 6.08 Å². The minimum atomic E-state index is -0.552. The Hall–Kier alpha value is -3.46. The number of methoxy groups -OCH3 is 1. The molecule has 0 aromatic heterocycles. The van der Waals surface area contributed by atoms with Crippen LogP contribution in [0.2, 0.25) is 10.0 Å². The summed E-state index contributed by atoms with van der Waals surface area (Å²) in [6.45, 7) is 2.12. The minimum absolute atomic E-state index is 0.0838. The van der Waals surface area contributed by atoms with E-state index in [-0.39, 0.29) is 12.2 Å². The molecule has 1 N–H and O–H groups in total. The van der Waals surface area contributed by atoms with Gasteiger partial charge in [-0.1, -0.05) is 41.4 Å². The molecular weight excluding hydrogens is 447 g/mol. The Labute approximate surface area is 196 Å². The summed E-state index contributed by atoms with van der Waals surface area (Å²) in [5.74, 6) is 0.493. The van der Waals surface area contributed by atoms with E-state index in [0.717, 1.165) is 11.1 Å². The highest BCUT2D eigenvalue weighted by Crippen LogP contribution is 2.28. The molecule has 0 atom stereocenters. The van der Waals surface area contributed by atoms with Crippen molar-refractivity contribution in [2.45, 2.75) is 13.5 Å². The molecule has 0 aliphatic rings. The third-order valence-corrected chi connectivity index (χ3v) is 5.24. The molecule has 32 heavy (non-hydrogen) atoms. The number of hydrogen-bond donors (Lipinski definition) is 1. The van der Waals surface area contributed by atoms with Crippen LogP contribution < -0.4 is 14.8 Å². The van der Waals surface area contributed by atoms with Gasteiger partial charge in [-0.05, 0) is 60.5 Å². The molecule has 0 saturated heterocycles. The van der Waals surface area contributed by atoms with E-state index in [1.807, 2.05) is 25.1 Å². The molecule has 162 valence electrons. The number of carbonyl (C=O) groups is 1. The quantitative estimate of drug-likeness (QED) is 0.321. The predicted molar refractivity (Wildman–Crippen MR) is 127 cm³/mol. The Bertz CT molecular complexity index is 1220. The van der Waals surface area contributed by atoms with Gasteiger partial charge in [0.15, 0.2) is 0 Å². The maximum atomic E-state index is 12.7. The van der Waals surface area contributed by atoms with Gasteiger partial charge in [-0.25, -0.2) is 0 Å². The molecule has 5 nitrogen and oxygen atoms in total. The molecule has 0 unspecified atom stereocenters. The number of nitrogens with one attached hydrogen (secondary N) is 1. The third-order valence-electron chi connectivity index (χ3n) is 4.60. The van der Waals surface area contributed by atoms with Gasteiger partial charge in [-0.3, -0.25) is 4.79 Å². The molecule has 0 aliphatic heterocycles. The molecule has 7 heteroatoms. The van der Waals surface area contributed by atoms with E-state index in [1.54, 1.807) is 55.6 Å². The highest BCUT2D eigenvalue weighted by atomic mass is 35.5. The lowest BCUT2D eigenvalue weighted by Gasteiger charge is -2.12. The van der Waals surface area contributed by atoms with E-state index in [1.165, 1.54) is 6.08 Å². The molecule has 0 aliphatic carbocycles. The van der Waals surface area contributed by atoms with E-state index in [0.29, 0.717) is 32.8 Å². The number of nitriles is 1. The second-order valence-electron chi connectivity index (χ2n) is 6.91. The van der Waals surface area contributed by atoms with Gasteiger partial charge in [0.1, 0.15) is 29.7 Å². The Kier molecular flexibility index (Phi) is 7.77. The van der Waals surface area contributed by atoms with Crippen molar-refractivity contribution < 1.29 is 14.3 Å². The molecule has 3 aromatic carbocycles. The van der Waals surface area contributed by atoms with Crippen molar-refractivity contribution in [1.82, 2.24) is 0 Å². The van der Waals surface area contributed by atoms with Crippen molar-refractivity contribution in [2.75, 3.05) is 12.4 Å². The second-order valence-corrected chi connectivity index (χ2v) is 7.75. The van der Waals surface area contributed by atoms with Crippen molar-refractivity contribution >= 4 is 40.9 Å². The number of amides is 1. The van der Waals surface area contributed by atoms with E-state index in [4.69, 9.17) is 32.7 Å². The van der Waals surface area contributed by atoms with Crippen LogP contribution in [0.4, 0.5) is 5.69 Å². The largest absolute Gasteiger partial charge is 0.497 e. The molecule has 3 aromatic rings. The number of rotatable bonds is 7. The van der Waals surface area contributed by atoms with E-state index >= 15 is 0 Å². The second kappa shape index (κ2) is 10.7. The summed E-state index contributed by atoms with van der Waals surface area (Å²) in [5, 5.41) is 13.4. The van der Waals surface area contributed by atoms with Gasteiger partial charge < -0.3 is 14.8 Å². The van der Waals surface area contributed by atoms with Crippen molar-refractivity contribution in [3.8, 4) is 17.6 Å². The number of aryl methyl sites for hydroxylation is 1. The van der Waals surface area contributed by atoms with Crippen molar-refractivity contribution in [3.05, 3.63) is 93.0 Å². The summed E-state index contributed by atoms with van der Waals surface area (Å²) < 4.78 is 11.2. The van der Waals surface area contributed by atoms with Crippen LogP contribution in [0.1, 0.15) is 16.7 Å². The first-order valence-electron chi connectivity index (χ1n) is 9.64. The van der Waals surface area contributed by atoms with Gasteiger partial charge in [0.2, 0.25) is 0 Å². The maximum Gasteiger partial charge on any atom is 0.266 e. The maximum absolute atomic E-state index is 12.7. The fourth-order valence-electron chi connectivity index (χ4n) is 2.85. The average molecular weight is 467 g/mol. The lowest BCUT2D eigenvalue weighted by molar-refractivity contribution is -0.112. The minimum Gasteiger partial charge on any atom is -0.497 e. The molecule has 1 amide bonds. The smallest absolute Gasteiger partial charge is 0.266 e. The zero-order valence-electron chi connectivity index (χ0n) is 17.5. The number of ether oxygens (including phenoxy) is 2. The van der Waals surface area contributed by atoms with Gasteiger partial charge in [0.25, 0.3) is 5.91 Å². The number of hydrogen-bond acceptors (Lipinski definition) is 4. The zero-order chi connectivity index (χ0) is 23.1. The summed E-state index contributed by atoms with van der Waals surface area (Å²) in [4.78, 5) is 12.7. The van der Waals surface area contributed by atoms with E-state index in [9.17, 15) is 10.1 Å². The van der Waals surface area contributed by atoms with Crippen LogP contribution in [0.15, 0.2) is 66.2 Å². The number of nitrogens with zero attached hydrogens (tertiary/aromatic N) is 1. The van der Waals surface area contributed by atoms with Crippen molar-refractivity contribution in [2.24, 2.45) is 0 Å². The third kappa shape index (κ3) is 6.04. The molecule has 0 bridgehead atoms. The van der Waals surface area contributed by atoms with E-state index in [2.05, 4.69) is 5.32 Å². The normalized spacial score (nSPS) is 10.9. The van der Waals surface area contributed by atoms with Crippen LogP contribution in [0, 0.1) is 18.3 Å². The summed E-state index contributed by atoms with van der Waals surface area (Å²) in [5.41, 5.74) is 2.74. The molecule has 0 spiro atoms. The first-order chi connectivity index (χ1) is 15.4. The van der Waals surface area contributed by atoms with Gasteiger partial charge in [0, 0.05) is 27.4 Å². The molecule has 0 fully saturated rings. The standard InChI is InChI=1S/C25H20Cl2N2O3/c1-16-6-8-21(12-23(16)27)29-25(30)19(14-28)11-18-7-9-22(31-2)13-24(18)32-15-17-4-3-5-20(26)10-17/h3-13H,15H2,1-2H3,(H,29,30)/b19-11+. The van der Waals surface area contributed by atoms with Crippen LogP contribution in [-0.4, -0.2) is 13.0 Å². The number of carbonyl (C=O) groups excluding carboxylic acids is 1. The van der Waals surface area contributed by atoms with Crippen LogP contribution in [-0.2, 0) is 11.4 Å². The molecule has 0 heterocycles. The number of anilines is 1. The van der Waals surface area contributed by atoms with Gasteiger partial charge in [0.05, 0.1) is 7.11 Å². The Morgan fingerprint density at radius 2 is 1.94 bits per heavy atom. The predicted octanol–water partition coefficient (Wildman–Crippen LogP) is 6.44. The van der Waals surface area contributed by atoms with E-state index < -0.39 is 5.91 Å². The monoisotopic (exact) mass is 466 g/mol. The number of halogens is 2. The summed E-state index contributed by atoms with van der Waals surface area (Å²) in [6.07, 6.45) is 1.47. The molecular formula is C25H20Cl2N2O3. The number of benzene rings is 3. The Balaban J connectivity index is 1.86. The molecule has 0 saturated carbocycles.